The summed E-state index contributed by atoms with van der Waals surface area (Å²) < 4.78 is 10.4. The first-order chi connectivity index (χ1) is 17.6. The summed E-state index contributed by atoms with van der Waals surface area (Å²) in [5.74, 6) is -0.437. The maximum atomic E-state index is 13.6. The molecule has 0 radical (unpaired) electrons. The Morgan fingerprint density at radius 1 is 1.00 bits per heavy atom. The van der Waals surface area contributed by atoms with Crippen molar-refractivity contribution in [2.45, 2.75) is 65.0 Å². The fraction of sp³-hybridized carbons (Fsp3) is 0.464. The number of aromatic hydroxyl groups is 1. The first-order valence-electron chi connectivity index (χ1n) is 12.5. The number of amides is 3. The number of alkyl carbamates (subject to hydrolysis) is 1. The van der Waals surface area contributed by atoms with E-state index in [0.29, 0.717) is 17.9 Å². The van der Waals surface area contributed by atoms with Gasteiger partial charge in [0, 0.05) is 17.8 Å². The van der Waals surface area contributed by atoms with Gasteiger partial charge in [-0.2, -0.15) is 0 Å². The maximum absolute atomic E-state index is 13.6. The van der Waals surface area contributed by atoms with Gasteiger partial charge < -0.3 is 30.1 Å². The van der Waals surface area contributed by atoms with Crippen molar-refractivity contribution in [1.29, 1.82) is 0 Å². The van der Waals surface area contributed by atoms with E-state index in [1.54, 1.807) is 70.3 Å². The van der Waals surface area contributed by atoms with Crippen LogP contribution in [0.5, 0.6) is 11.5 Å². The van der Waals surface area contributed by atoms with Gasteiger partial charge in [-0.3, -0.25) is 9.59 Å². The highest BCUT2D eigenvalue weighted by atomic mass is 16.6. The van der Waals surface area contributed by atoms with Crippen molar-refractivity contribution in [2.75, 3.05) is 25.5 Å². The number of benzene rings is 2. The van der Waals surface area contributed by atoms with Crippen molar-refractivity contribution >= 4 is 23.6 Å². The molecule has 0 aliphatic carbocycles. The second-order valence-corrected chi connectivity index (χ2v) is 9.68. The van der Waals surface area contributed by atoms with Crippen molar-refractivity contribution in [3.63, 3.8) is 0 Å². The number of nitrogens with one attached hydrogen (secondary N) is 2. The van der Waals surface area contributed by atoms with Gasteiger partial charge in [-0.15, -0.1) is 0 Å². The van der Waals surface area contributed by atoms with Crippen LogP contribution in [0.1, 0.15) is 65.0 Å². The second kappa shape index (κ2) is 14.1. The molecule has 37 heavy (non-hydrogen) atoms. The van der Waals surface area contributed by atoms with Crippen LogP contribution < -0.4 is 15.4 Å². The van der Waals surface area contributed by atoms with E-state index < -0.39 is 29.6 Å². The fourth-order valence-corrected chi connectivity index (χ4v) is 3.72. The van der Waals surface area contributed by atoms with Gasteiger partial charge in [-0.1, -0.05) is 44.4 Å². The Morgan fingerprint density at radius 3 is 2.27 bits per heavy atom. The highest BCUT2D eigenvalue weighted by Gasteiger charge is 2.33. The van der Waals surface area contributed by atoms with Crippen molar-refractivity contribution in [3.8, 4) is 11.5 Å². The SMILES string of the molecule is CCCCCCN(C(=O)CNC(=O)OC(C)(C)C)C(C(=O)Nc1ccc(OC)cc1)c1ccccc1O. The number of ether oxygens (including phenoxy) is 2. The van der Waals surface area contributed by atoms with Gasteiger partial charge in [-0.05, 0) is 57.5 Å². The lowest BCUT2D eigenvalue weighted by Gasteiger charge is -2.32. The Morgan fingerprint density at radius 2 is 1.68 bits per heavy atom. The molecule has 9 nitrogen and oxygen atoms in total. The van der Waals surface area contributed by atoms with Gasteiger partial charge in [-0.25, -0.2) is 4.79 Å². The van der Waals surface area contributed by atoms with Crippen LogP contribution in [-0.2, 0) is 14.3 Å². The first kappa shape index (κ1) is 29.5. The molecular formula is C28H39N3O6. The lowest BCUT2D eigenvalue weighted by molar-refractivity contribution is -0.138. The Kier molecular flexibility index (Phi) is 11.2. The first-order valence-corrected chi connectivity index (χ1v) is 12.5. The number of hydrogen-bond acceptors (Lipinski definition) is 6. The molecule has 0 aliphatic heterocycles. The number of phenolic OH excluding ortho intramolecular Hbond substituents is 1. The number of methoxy groups -OCH3 is 1. The van der Waals surface area contributed by atoms with Crippen LogP contribution in [0.3, 0.4) is 0 Å². The van der Waals surface area contributed by atoms with E-state index in [9.17, 15) is 19.5 Å². The molecule has 2 rings (SSSR count). The van der Waals surface area contributed by atoms with Crippen molar-refractivity contribution in [1.82, 2.24) is 10.2 Å². The number of anilines is 1. The van der Waals surface area contributed by atoms with Crippen LogP contribution in [0, 0.1) is 0 Å². The topological polar surface area (TPSA) is 117 Å². The van der Waals surface area contributed by atoms with E-state index in [1.165, 1.54) is 11.0 Å². The predicted octanol–water partition coefficient (Wildman–Crippen LogP) is 5.01. The quantitative estimate of drug-likeness (QED) is 0.343. The molecule has 0 fully saturated rings. The lowest BCUT2D eigenvalue weighted by atomic mass is 10.0. The van der Waals surface area contributed by atoms with E-state index in [2.05, 4.69) is 17.6 Å². The van der Waals surface area contributed by atoms with Gasteiger partial charge in [0.25, 0.3) is 5.91 Å². The zero-order valence-electron chi connectivity index (χ0n) is 22.4. The monoisotopic (exact) mass is 513 g/mol. The summed E-state index contributed by atoms with van der Waals surface area (Å²) in [7, 11) is 1.55. The predicted molar refractivity (Wildman–Crippen MR) is 143 cm³/mol. The molecule has 202 valence electrons. The Hall–Kier alpha value is -3.75. The molecule has 0 saturated carbocycles. The molecule has 2 aromatic carbocycles. The van der Waals surface area contributed by atoms with E-state index in [4.69, 9.17) is 9.47 Å². The Balaban J connectivity index is 2.35. The van der Waals surface area contributed by atoms with Crippen LogP contribution >= 0.6 is 0 Å². The molecule has 0 saturated heterocycles. The number of phenols is 1. The molecule has 3 N–H and O–H groups in total. The van der Waals surface area contributed by atoms with Crippen LogP contribution in [0.4, 0.5) is 10.5 Å². The average Bonchev–Trinajstić information content (AvgIpc) is 2.84. The zero-order valence-corrected chi connectivity index (χ0v) is 22.4. The highest BCUT2D eigenvalue weighted by Crippen LogP contribution is 2.31. The van der Waals surface area contributed by atoms with Crippen LogP contribution in [0.25, 0.3) is 0 Å². The van der Waals surface area contributed by atoms with Gasteiger partial charge in [0.05, 0.1) is 7.11 Å². The van der Waals surface area contributed by atoms with Crippen LogP contribution in [0.2, 0.25) is 0 Å². The molecule has 1 atom stereocenters. The normalized spacial score (nSPS) is 11.8. The van der Waals surface area contributed by atoms with Crippen LogP contribution in [-0.4, -0.2) is 53.7 Å². The molecule has 0 bridgehead atoms. The molecular weight excluding hydrogens is 474 g/mol. The van der Waals surface area contributed by atoms with Crippen molar-refractivity contribution in [2.24, 2.45) is 0 Å². The number of unbranched alkanes of at least 4 members (excludes halogenated alkanes) is 3. The fourth-order valence-electron chi connectivity index (χ4n) is 3.72. The van der Waals surface area contributed by atoms with Gasteiger partial charge in [0.1, 0.15) is 29.7 Å². The van der Waals surface area contributed by atoms with E-state index >= 15 is 0 Å². The number of rotatable bonds is 12. The molecule has 9 heteroatoms. The summed E-state index contributed by atoms with van der Waals surface area (Å²) in [6, 6.07) is 12.1. The highest BCUT2D eigenvalue weighted by molar-refractivity contribution is 5.98. The Bertz CT molecular complexity index is 1030. The van der Waals surface area contributed by atoms with Crippen LogP contribution in [0.15, 0.2) is 48.5 Å². The lowest BCUT2D eigenvalue weighted by Crippen LogP contribution is -2.47. The molecule has 0 heterocycles. The number of nitrogens with zero attached hydrogens (tertiary/aromatic N) is 1. The number of para-hydroxylation sites is 1. The third-order valence-corrected chi connectivity index (χ3v) is 5.50. The number of carbonyl (C=O) groups excluding carboxylic acids is 3. The largest absolute Gasteiger partial charge is 0.508 e. The van der Waals surface area contributed by atoms with Crippen molar-refractivity contribution < 1.29 is 29.0 Å². The average molecular weight is 514 g/mol. The van der Waals surface area contributed by atoms with E-state index in [0.717, 1.165) is 19.3 Å². The van der Waals surface area contributed by atoms with E-state index in [1.807, 2.05) is 0 Å². The molecule has 0 aromatic heterocycles. The maximum Gasteiger partial charge on any atom is 0.408 e. The summed E-state index contributed by atoms with van der Waals surface area (Å²) >= 11 is 0. The molecule has 3 amide bonds. The standard InChI is InChI=1S/C28H39N3O6/c1-6-7-8-11-18-31(24(33)19-29-27(35)37-28(2,3)4)25(22-12-9-10-13-23(22)32)26(34)30-20-14-16-21(36-5)17-15-20/h9-10,12-17,25,32H,6-8,11,18-19H2,1-5H3,(H,29,35)(H,30,34). The zero-order chi connectivity index (χ0) is 27.4. The minimum atomic E-state index is -1.13. The number of hydrogen-bond donors (Lipinski definition) is 3. The van der Waals surface area contributed by atoms with Crippen molar-refractivity contribution in [3.05, 3.63) is 54.1 Å². The summed E-state index contributed by atoms with van der Waals surface area (Å²) in [6.07, 6.45) is 2.79. The third-order valence-electron chi connectivity index (χ3n) is 5.50. The smallest absolute Gasteiger partial charge is 0.408 e. The van der Waals surface area contributed by atoms with Gasteiger partial charge in [0.15, 0.2) is 0 Å². The molecule has 2 aromatic rings. The second-order valence-electron chi connectivity index (χ2n) is 9.68. The molecule has 0 spiro atoms. The molecule has 0 aliphatic rings. The summed E-state index contributed by atoms with van der Waals surface area (Å²) in [4.78, 5) is 40.6. The summed E-state index contributed by atoms with van der Waals surface area (Å²) in [6.45, 7) is 7.18. The summed E-state index contributed by atoms with van der Waals surface area (Å²) in [5.41, 5.74) is 0.0787. The minimum absolute atomic E-state index is 0.108. The van der Waals surface area contributed by atoms with Gasteiger partial charge >= 0.3 is 6.09 Å². The van der Waals surface area contributed by atoms with E-state index in [-0.39, 0.29) is 24.4 Å². The molecule has 1 unspecified atom stereocenters. The number of carbonyl (C=O) groups is 3. The summed E-state index contributed by atoms with van der Waals surface area (Å²) in [5, 5.41) is 15.9. The minimum Gasteiger partial charge on any atom is -0.508 e. The van der Waals surface area contributed by atoms with Gasteiger partial charge in [0.2, 0.25) is 5.91 Å². The Labute approximate surface area is 219 Å². The third kappa shape index (κ3) is 9.67.